The van der Waals surface area contributed by atoms with Crippen LogP contribution >= 0.6 is 0 Å². The predicted octanol–water partition coefficient (Wildman–Crippen LogP) is 1.29. The summed E-state index contributed by atoms with van der Waals surface area (Å²) in [6, 6.07) is 12.5. The maximum atomic E-state index is 14.2. The Kier molecular flexibility index (Phi) is 12.8. The molecule has 1 unspecified atom stereocenters. The van der Waals surface area contributed by atoms with Crippen LogP contribution in [0.1, 0.15) is 57.8 Å². The van der Waals surface area contributed by atoms with Gasteiger partial charge in [-0.15, -0.1) is 0 Å². The fourth-order valence-electron chi connectivity index (χ4n) is 6.13. The first-order valence-electron chi connectivity index (χ1n) is 17.8. The van der Waals surface area contributed by atoms with Gasteiger partial charge in [-0.25, -0.2) is 0 Å². The number of aliphatic hydroxyl groups is 1. The third-order valence-electron chi connectivity index (χ3n) is 9.06. The average Bonchev–Trinajstić information content (AvgIpc) is 3.55. The number of rotatable bonds is 7. The van der Waals surface area contributed by atoms with Gasteiger partial charge in [0.25, 0.3) is 5.91 Å². The van der Waals surface area contributed by atoms with Crippen LogP contribution in [0.2, 0.25) is 0 Å². The number of ether oxygens (including phenoxy) is 2. The topological polar surface area (TPSA) is 197 Å². The number of hydrogen-bond acceptors (Lipinski definition) is 11. The maximum absolute atomic E-state index is 14.2. The molecule has 6 rings (SSSR count). The zero-order valence-electron chi connectivity index (χ0n) is 30.1. The van der Waals surface area contributed by atoms with Gasteiger partial charge in [-0.3, -0.25) is 24.1 Å². The van der Waals surface area contributed by atoms with E-state index >= 15 is 0 Å². The number of aliphatic hydroxyl groups excluding tert-OH is 1. The van der Waals surface area contributed by atoms with Crippen LogP contribution in [-0.4, -0.2) is 99.8 Å². The number of nitrogens with zero attached hydrogens (tertiary/aromatic N) is 3. The fourth-order valence-corrected chi connectivity index (χ4v) is 6.13. The normalized spacial score (nSPS) is 22.8. The summed E-state index contributed by atoms with van der Waals surface area (Å²) in [5.74, 6) is 0.0439. The van der Waals surface area contributed by atoms with Gasteiger partial charge in [-0.2, -0.15) is 4.98 Å². The molecule has 3 aliphatic rings. The summed E-state index contributed by atoms with van der Waals surface area (Å²) in [6.07, 6.45) is 0.0787. The van der Waals surface area contributed by atoms with Crippen LogP contribution in [0, 0.1) is 5.92 Å². The van der Waals surface area contributed by atoms with E-state index in [1.807, 2.05) is 30.3 Å². The number of amides is 4. The molecule has 0 aliphatic carbocycles. The molecule has 1 saturated heterocycles. The Labute approximate surface area is 303 Å². The molecule has 5 N–H and O–H groups in total. The number of carbonyl (C=O) groups is 4. The number of carbonyl (C=O) groups excluding carboxylic acids is 4. The van der Waals surface area contributed by atoms with Crippen molar-refractivity contribution in [3.63, 3.8) is 0 Å². The van der Waals surface area contributed by atoms with E-state index in [9.17, 15) is 24.3 Å². The van der Waals surface area contributed by atoms with Crippen molar-refractivity contribution in [1.82, 2.24) is 36.3 Å². The molecule has 4 amide bonds. The van der Waals surface area contributed by atoms with Gasteiger partial charge in [0.15, 0.2) is 11.4 Å². The van der Waals surface area contributed by atoms with Crippen molar-refractivity contribution in [2.75, 3.05) is 26.2 Å². The molecule has 3 aromatic rings. The zero-order valence-corrected chi connectivity index (χ0v) is 30.1. The predicted molar refractivity (Wildman–Crippen MR) is 189 cm³/mol. The fraction of sp³-hybridized carbons (Fsp3) is 0.514. The highest BCUT2D eigenvalue weighted by atomic mass is 16.5. The van der Waals surface area contributed by atoms with Gasteiger partial charge < -0.3 is 40.4 Å². The van der Waals surface area contributed by atoms with E-state index in [0.29, 0.717) is 55.2 Å². The van der Waals surface area contributed by atoms with E-state index in [-0.39, 0.29) is 32.4 Å². The minimum absolute atomic E-state index is 0.159. The van der Waals surface area contributed by atoms with Crippen LogP contribution in [-0.2, 0) is 38.6 Å². The van der Waals surface area contributed by atoms with Crippen LogP contribution in [0.25, 0.3) is 0 Å². The molecule has 4 heterocycles. The maximum Gasteiger partial charge on any atom is 0.265 e. The molecule has 3 aliphatic heterocycles. The van der Waals surface area contributed by atoms with Crippen LogP contribution in [0.3, 0.4) is 0 Å². The standard InChI is InChI=1S/C37H49N7O8/c1-23(2)20-31-41-30(43-52-31)22-44-17-14-37(15-18-44)36(49)42-32(25(4)45)35(48)39-24(3)33(46)40-29(21-26-8-6-5-7-9-26)34(47)38-16-19-50-27-10-12-28(51-37)13-11-27/h5-13,23-25,29,32,45H,14-22H2,1-4H3,(H,38,47)(H,39,48)(H,40,46)(H,42,49)/t24-,25+,29-,32?/m0/s1. The van der Waals surface area contributed by atoms with Crippen molar-refractivity contribution < 1.29 is 38.3 Å². The summed E-state index contributed by atoms with van der Waals surface area (Å²) in [4.78, 5) is 60.9. The van der Waals surface area contributed by atoms with E-state index in [2.05, 4.69) is 50.2 Å². The number of piperidine rings is 1. The summed E-state index contributed by atoms with van der Waals surface area (Å²) < 4.78 is 17.7. The van der Waals surface area contributed by atoms with Gasteiger partial charge in [0.2, 0.25) is 23.6 Å². The Balaban J connectivity index is 1.35. The van der Waals surface area contributed by atoms with Crippen molar-refractivity contribution in [2.45, 2.75) is 89.8 Å². The number of nitrogens with one attached hydrogen (secondary N) is 4. The quantitative estimate of drug-likeness (QED) is 0.221. The minimum Gasteiger partial charge on any atom is -0.492 e. The molecule has 15 nitrogen and oxygen atoms in total. The molecule has 0 radical (unpaired) electrons. The Morgan fingerprint density at radius 2 is 1.60 bits per heavy atom. The molecule has 1 aromatic heterocycles. The largest absolute Gasteiger partial charge is 0.492 e. The summed E-state index contributed by atoms with van der Waals surface area (Å²) in [5, 5.41) is 25.6. The van der Waals surface area contributed by atoms with Crippen molar-refractivity contribution in [3.05, 3.63) is 71.9 Å². The number of hydrogen-bond donors (Lipinski definition) is 5. The smallest absolute Gasteiger partial charge is 0.265 e. The highest BCUT2D eigenvalue weighted by Gasteiger charge is 2.46. The lowest BCUT2D eigenvalue weighted by Gasteiger charge is -2.41. The number of benzene rings is 2. The van der Waals surface area contributed by atoms with Gasteiger partial charge in [-0.1, -0.05) is 49.3 Å². The molecular weight excluding hydrogens is 670 g/mol. The van der Waals surface area contributed by atoms with Crippen LogP contribution in [0.4, 0.5) is 0 Å². The van der Waals surface area contributed by atoms with Gasteiger partial charge in [-0.05, 0) is 49.6 Å². The highest BCUT2D eigenvalue weighted by Crippen LogP contribution is 2.31. The highest BCUT2D eigenvalue weighted by molar-refractivity contribution is 5.95. The first-order chi connectivity index (χ1) is 24.9. The third kappa shape index (κ3) is 10.3. The Bertz CT molecular complexity index is 1660. The third-order valence-corrected chi connectivity index (χ3v) is 9.06. The second kappa shape index (κ2) is 17.5. The Hall–Kier alpha value is -5.02. The van der Waals surface area contributed by atoms with E-state index in [4.69, 9.17) is 14.0 Å². The SMILES string of the molecule is CC(C)Cc1nc(CN2CCC3(CC2)Oc2ccc(cc2)OCCNC(=O)[C@H](Cc2ccccc2)NC(=O)[C@H](C)NC(=O)C([C@@H](C)O)NC3=O)no1. The number of fused-ring (bicyclic) bond motifs is 15. The van der Waals surface area contributed by atoms with Crippen molar-refractivity contribution >= 4 is 23.6 Å². The van der Waals surface area contributed by atoms with Gasteiger partial charge in [0.1, 0.15) is 36.2 Å². The molecule has 15 heteroatoms. The zero-order chi connectivity index (χ0) is 37.3. The molecule has 4 atom stereocenters. The molecule has 2 bridgehead atoms. The first kappa shape index (κ1) is 38.2. The lowest BCUT2D eigenvalue weighted by atomic mass is 9.89. The van der Waals surface area contributed by atoms with E-state index in [1.54, 1.807) is 24.3 Å². The molecule has 1 fully saturated rings. The van der Waals surface area contributed by atoms with Crippen molar-refractivity contribution in [1.29, 1.82) is 0 Å². The second-order valence-electron chi connectivity index (χ2n) is 13.9. The molecule has 0 saturated carbocycles. The van der Waals surface area contributed by atoms with E-state index < -0.39 is 53.5 Å². The summed E-state index contributed by atoms with van der Waals surface area (Å²) in [7, 11) is 0. The lowest BCUT2D eigenvalue weighted by molar-refractivity contribution is -0.146. The van der Waals surface area contributed by atoms with Crippen LogP contribution in [0.5, 0.6) is 11.5 Å². The lowest BCUT2D eigenvalue weighted by Crippen LogP contribution is -2.63. The monoisotopic (exact) mass is 719 g/mol. The summed E-state index contributed by atoms with van der Waals surface area (Å²) >= 11 is 0. The van der Waals surface area contributed by atoms with Crippen molar-refractivity contribution in [2.24, 2.45) is 5.92 Å². The van der Waals surface area contributed by atoms with Gasteiger partial charge in [0.05, 0.1) is 19.2 Å². The molecule has 1 spiro atoms. The number of likely N-dealkylation sites (tertiary alicyclic amines) is 1. The molecular formula is C37H49N7O8. The molecule has 280 valence electrons. The van der Waals surface area contributed by atoms with Crippen LogP contribution < -0.4 is 30.7 Å². The van der Waals surface area contributed by atoms with Gasteiger partial charge in [0, 0.05) is 38.8 Å². The first-order valence-corrected chi connectivity index (χ1v) is 17.8. The summed E-state index contributed by atoms with van der Waals surface area (Å²) in [5.41, 5.74) is -0.569. The molecule has 52 heavy (non-hydrogen) atoms. The Morgan fingerprint density at radius 3 is 2.27 bits per heavy atom. The van der Waals surface area contributed by atoms with E-state index in [1.165, 1.54) is 13.8 Å². The van der Waals surface area contributed by atoms with Gasteiger partial charge >= 0.3 is 0 Å². The number of aromatic nitrogens is 2. The molecule has 2 aromatic carbocycles. The second-order valence-corrected chi connectivity index (χ2v) is 13.9. The van der Waals surface area contributed by atoms with Crippen LogP contribution in [0.15, 0.2) is 59.1 Å². The van der Waals surface area contributed by atoms with Crippen molar-refractivity contribution in [3.8, 4) is 11.5 Å². The minimum atomic E-state index is -1.41. The summed E-state index contributed by atoms with van der Waals surface area (Å²) in [6.45, 7) is 8.64. The average molecular weight is 720 g/mol. The Morgan fingerprint density at radius 1 is 0.904 bits per heavy atom. The van der Waals surface area contributed by atoms with E-state index in [0.717, 1.165) is 5.56 Å².